The molecule has 3 rings (SSSR count). The van der Waals surface area contributed by atoms with Gasteiger partial charge < -0.3 is 0 Å². The maximum atomic E-state index is 12.9. The number of thiazole rings is 1. The number of nitrogens with one attached hydrogen (secondary N) is 2. The van der Waals surface area contributed by atoms with Crippen LogP contribution in [0.15, 0.2) is 53.9 Å². The van der Waals surface area contributed by atoms with Gasteiger partial charge in [-0.2, -0.15) is 0 Å². The Hall–Kier alpha value is -3.33. The number of nitro benzene ring substituents is 1. The molecule has 1 aromatic heterocycles. The highest BCUT2D eigenvalue weighted by molar-refractivity contribution is 7.13. The van der Waals surface area contributed by atoms with Crippen LogP contribution in [0.3, 0.4) is 0 Å². The second kappa shape index (κ2) is 7.05. The summed E-state index contributed by atoms with van der Waals surface area (Å²) in [4.78, 5) is 26.7. The molecule has 2 N–H and O–H groups in total. The molecule has 0 fully saturated rings. The molecule has 0 bridgehead atoms. The average Bonchev–Trinajstić information content (AvgIpc) is 3.10. The van der Waals surface area contributed by atoms with Crippen LogP contribution in [0.1, 0.15) is 10.5 Å². The summed E-state index contributed by atoms with van der Waals surface area (Å²) in [5.74, 6) is -0.894. The quantitative estimate of drug-likeness (QED) is 0.536. The normalized spacial score (nSPS) is 10.3. The average molecular weight is 358 g/mol. The summed E-state index contributed by atoms with van der Waals surface area (Å²) in [5.41, 5.74) is 5.74. The fourth-order valence-electron chi connectivity index (χ4n) is 2.03. The molecule has 0 aliphatic rings. The fourth-order valence-corrected chi connectivity index (χ4v) is 2.84. The van der Waals surface area contributed by atoms with Gasteiger partial charge in [-0.1, -0.05) is 12.1 Å². The Morgan fingerprint density at radius 2 is 1.88 bits per heavy atom. The van der Waals surface area contributed by atoms with E-state index in [2.05, 4.69) is 15.8 Å². The number of amides is 1. The highest BCUT2D eigenvalue weighted by atomic mass is 32.1. The number of rotatable bonds is 5. The Morgan fingerprint density at radius 1 is 1.16 bits per heavy atom. The highest BCUT2D eigenvalue weighted by Gasteiger charge is 2.15. The zero-order chi connectivity index (χ0) is 17.8. The lowest BCUT2D eigenvalue weighted by molar-refractivity contribution is -0.384. The van der Waals surface area contributed by atoms with Crippen LogP contribution in [-0.2, 0) is 0 Å². The Balaban J connectivity index is 1.70. The largest absolute Gasteiger partial charge is 0.294 e. The molecule has 0 radical (unpaired) electrons. The van der Waals surface area contributed by atoms with Crippen molar-refractivity contribution < 1.29 is 14.1 Å². The van der Waals surface area contributed by atoms with Crippen molar-refractivity contribution in [1.82, 2.24) is 10.4 Å². The minimum Gasteiger partial charge on any atom is -0.292 e. The summed E-state index contributed by atoms with van der Waals surface area (Å²) in [7, 11) is 0. The van der Waals surface area contributed by atoms with E-state index in [0.29, 0.717) is 10.6 Å². The fraction of sp³-hybridized carbons (Fsp3) is 0. The first-order chi connectivity index (χ1) is 12.0. The van der Waals surface area contributed by atoms with E-state index in [0.717, 1.165) is 0 Å². The molecule has 0 unspecified atom stereocenters. The zero-order valence-corrected chi connectivity index (χ0v) is 13.4. The van der Waals surface area contributed by atoms with Crippen LogP contribution < -0.4 is 10.9 Å². The number of nitrogens with zero attached hydrogens (tertiary/aromatic N) is 2. The summed E-state index contributed by atoms with van der Waals surface area (Å²) in [6.07, 6.45) is 0. The van der Waals surface area contributed by atoms with Gasteiger partial charge in [0.1, 0.15) is 22.2 Å². The molecule has 1 heterocycles. The van der Waals surface area contributed by atoms with Crippen molar-refractivity contribution in [3.8, 4) is 10.6 Å². The summed E-state index contributed by atoms with van der Waals surface area (Å²) in [5, 5.41) is 13.1. The first-order valence-corrected chi connectivity index (χ1v) is 7.94. The number of aromatic nitrogens is 1. The molecule has 0 saturated heterocycles. The smallest absolute Gasteiger partial charge is 0.292 e. The number of benzene rings is 2. The van der Waals surface area contributed by atoms with E-state index in [1.54, 1.807) is 23.6 Å². The van der Waals surface area contributed by atoms with E-state index < -0.39 is 10.8 Å². The van der Waals surface area contributed by atoms with E-state index >= 15 is 0 Å². The Bertz CT molecular complexity index is 927. The van der Waals surface area contributed by atoms with Gasteiger partial charge in [0.2, 0.25) is 0 Å². The van der Waals surface area contributed by atoms with Gasteiger partial charge in [-0.3, -0.25) is 25.8 Å². The Kier molecular flexibility index (Phi) is 4.66. The number of halogens is 1. The predicted molar refractivity (Wildman–Crippen MR) is 91.7 cm³/mol. The van der Waals surface area contributed by atoms with Crippen molar-refractivity contribution in [1.29, 1.82) is 0 Å². The number of carbonyl (C=O) groups is 1. The van der Waals surface area contributed by atoms with Gasteiger partial charge in [-0.05, 0) is 30.3 Å². The lowest BCUT2D eigenvalue weighted by Gasteiger charge is -2.07. The molecular weight excluding hydrogens is 347 g/mol. The summed E-state index contributed by atoms with van der Waals surface area (Å²) >= 11 is 1.24. The van der Waals surface area contributed by atoms with Crippen LogP contribution in [0.5, 0.6) is 0 Å². The number of nitro groups is 1. The topological polar surface area (TPSA) is 97.2 Å². The van der Waals surface area contributed by atoms with Crippen molar-refractivity contribution in [2.24, 2.45) is 0 Å². The lowest BCUT2D eigenvalue weighted by atomic mass is 10.2. The van der Waals surface area contributed by atoms with Crippen LogP contribution in [0.2, 0.25) is 0 Å². The molecule has 3 aromatic rings. The SMILES string of the molecule is O=C(NNc1ccccc1[N+](=O)[O-])c1csc(-c2ccc(F)cc2)n1. The summed E-state index contributed by atoms with van der Waals surface area (Å²) < 4.78 is 12.9. The van der Waals surface area contributed by atoms with Crippen LogP contribution >= 0.6 is 11.3 Å². The Morgan fingerprint density at radius 3 is 2.60 bits per heavy atom. The van der Waals surface area contributed by atoms with Crippen molar-refractivity contribution in [3.63, 3.8) is 0 Å². The Labute approximate surface area is 145 Å². The van der Waals surface area contributed by atoms with Gasteiger partial charge in [-0.15, -0.1) is 11.3 Å². The van der Waals surface area contributed by atoms with Gasteiger partial charge in [0.05, 0.1) is 4.92 Å². The van der Waals surface area contributed by atoms with E-state index in [-0.39, 0.29) is 22.9 Å². The van der Waals surface area contributed by atoms with Crippen LogP contribution in [0.25, 0.3) is 10.6 Å². The second-order valence-corrected chi connectivity index (χ2v) is 5.76. The molecule has 0 saturated carbocycles. The van der Waals surface area contributed by atoms with Crippen molar-refractivity contribution in [2.75, 3.05) is 5.43 Å². The standard InChI is InChI=1S/C16H11FN4O3S/c17-11-7-5-10(6-8-11)16-18-13(9-25-16)15(22)20-19-12-3-1-2-4-14(12)21(23)24/h1-9,19H,(H,20,22). The molecule has 25 heavy (non-hydrogen) atoms. The molecule has 7 nitrogen and oxygen atoms in total. The maximum absolute atomic E-state index is 12.9. The van der Waals surface area contributed by atoms with Gasteiger partial charge in [-0.25, -0.2) is 9.37 Å². The monoisotopic (exact) mass is 358 g/mol. The molecule has 1 amide bonds. The third-order valence-electron chi connectivity index (χ3n) is 3.24. The molecule has 2 aromatic carbocycles. The van der Waals surface area contributed by atoms with E-state index in [1.165, 1.54) is 41.7 Å². The van der Waals surface area contributed by atoms with Crippen molar-refractivity contribution >= 4 is 28.6 Å². The maximum Gasteiger partial charge on any atom is 0.294 e. The lowest BCUT2D eigenvalue weighted by Crippen LogP contribution is -2.29. The molecule has 0 atom stereocenters. The number of para-hydroxylation sites is 2. The molecule has 0 aliphatic carbocycles. The summed E-state index contributed by atoms with van der Waals surface area (Å²) in [6.45, 7) is 0. The molecule has 0 spiro atoms. The third-order valence-corrected chi connectivity index (χ3v) is 4.13. The third kappa shape index (κ3) is 3.78. The van der Waals surface area contributed by atoms with Gasteiger partial charge in [0.15, 0.2) is 0 Å². The zero-order valence-electron chi connectivity index (χ0n) is 12.6. The van der Waals surface area contributed by atoms with Crippen LogP contribution in [0.4, 0.5) is 15.8 Å². The minimum absolute atomic E-state index is 0.149. The van der Waals surface area contributed by atoms with Gasteiger partial charge in [0.25, 0.3) is 11.6 Å². The number of hydrogen-bond donors (Lipinski definition) is 2. The first kappa shape index (κ1) is 16.5. The van der Waals surface area contributed by atoms with E-state index in [9.17, 15) is 19.3 Å². The van der Waals surface area contributed by atoms with E-state index in [4.69, 9.17) is 0 Å². The number of hydrazine groups is 1. The number of carbonyl (C=O) groups excluding carboxylic acids is 1. The molecule has 9 heteroatoms. The van der Waals surface area contributed by atoms with Crippen LogP contribution in [-0.4, -0.2) is 15.8 Å². The van der Waals surface area contributed by atoms with Crippen molar-refractivity contribution in [3.05, 3.63) is 75.5 Å². The molecular formula is C16H11FN4O3S. The van der Waals surface area contributed by atoms with Gasteiger partial charge >= 0.3 is 0 Å². The summed E-state index contributed by atoms with van der Waals surface area (Å²) in [6, 6.07) is 11.7. The molecule has 0 aliphatic heterocycles. The van der Waals surface area contributed by atoms with E-state index in [1.807, 2.05) is 0 Å². The highest BCUT2D eigenvalue weighted by Crippen LogP contribution is 2.24. The number of anilines is 1. The van der Waals surface area contributed by atoms with Gasteiger partial charge in [0, 0.05) is 17.0 Å². The van der Waals surface area contributed by atoms with Crippen LogP contribution in [0, 0.1) is 15.9 Å². The first-order valence-electron chi connectivity index (χ1n) is 7.06. The number of hydrogen-bond acceptors (Lipinski definition) is 6. The van der Waals surface area contributed by atoms with Crippen molar-refractivity contribution in [2.45, 2.75) is 0 Å². The molecule has 126 valence electrons. The predicted octanol–water partition coefficient (Wildman–Crippen LogP) is 3.61. The second-order valence-electron chi connectivity index (χ2n) is 4.90. The minimum atomic E-state index is -0.552.